The van der Waals surface area contributed by atoms with Crippen molar-refractivity contribution in [3.8, 4) is 0 Å². The van der Waals surface area contributed by atoms with Crippen molar-refractivity contribution < 1.29 is 8.42 Å². The SMILES string of the molecule is Cc1nc(NCC2CCS(=O)(=O)C2)c2sccc2n1. The maximum atomic E-state index is 11.4. The topological polar surface area (TPSA) is 72.0 Å². The summed E-state index contributed by atoms with van der Waals surface area (Å²) < 4.78 is 23.9. The molecule has 0 aromatic carbocycles. The highest BCUT2D eigenvalue weighted by Crippen LogP contribution is 2.27. The highest BCUT2D eigenvalue weighted by atomic mass is 32.2. The Morgan fingerprint density at radius 3 is 3.05 bits per heavy atom. The van der Waals surface area contributed by atoms with Gasteiger partial charge in [0.05, 0.1) is 21.7 Å². The molecule has 1 aliphatic heterocycles. The van der Waals surface area contributed by atoms with E-state index in [1.807, 2.05) is 18.4 Å². The van der Waals surface area contributed by atoms with Crippen molar-refractivity contribution in [1.82, 2.24) is 9.97 Å². The Balaban J connectivity index is 1.77. The Kier molecular flexibility index (Phi) is 3.18. The number of aryl methyl sites for hydroxylation is 1. The Morgan fingerprint density at radius 1 is 1.47 bits per heavy atom. The van der Waals surface area contributed by atoms with Gasteiger partial charge in [-0.1, -0.05) is 0 Å². The van der Waals surface area contributed by atoms with Crippen molar-refractivity contribution in [2.75, 3.05) is 23.4 Å². The van der Waals surface area contributed by atoms with Crippen LogP contribution in [-0.2, 0) is 9.84 Å². The number of fused-ring (bicyclic) bond motifs is 1. The van der Waals surface area contributed by atoms with E-state index in [2.05, 4.69) is 15.3 Å². The number of rotatable bonds is 3. The second-order valence-corrected chi connectivity index (χ2v) is 8.05. The second-order valence-electron chi connectivity index (χ2n) is 4.90. The van der Waals surface area contributed by atoms with E-state index >= 15 is 0 Å². The largest absolute Gasteiger partial charge is 0.368 e. The molecule has 5 nitrogen and oxygen atoms in total. The van der Waals surface area contributed by atoms with Crippen LogP contribution in [0, 0.1) is 12.8 Å². The molecule has 0 saturated carbocycles. The van der Waals surface area contributed by atoms with Crippen LogP contribution in [-0.4, -0.2) is 36.4 Å². The predicted octanol–water partition coefficient (Wildman–Crippen LogP) is 1.85. The van der Waals surface area contributed by atoms with E-state index in [1.54, 1.807) is 11.3 Å². The van der Waals surface area contributed by atoms with E-state index in [4.69, 9.17) is 0 Å². The fraction of sp³-hybridized carbons (Fsp3) is 0.500. The number of sulfone groups is 1. The first-order valence-corrected chi connectivity index (χ1v) is 8.90. The average molecular weight is 297 g/mol. The van der Waals surface area contributed by atoms with Crippen molar-refractivity contribution >= 4 is 37.2 Å². The minimum absolute atomic E-state index is 0.190. The van der Waals surface area contributed by atoms with Crippen LogP contribution in [0.3, 0.4) is 0 Å². The standard InChI is InChI=1S/C12H15N3O2S2/c1-8-14-10-2-4-18-11(10)12(15-8)13-6-9-3-5-19(16,17)7-9/h2,4,9H,3,5-7H2,1H3,(H,13,14,15). The second kappa shape index (κ2) is 4.72. The lowest BCUT2D eigenvalue weighted by Crippen LogP contribution is -2.16. The lowest BCUT2D eigenvalue weighted by atomic mass is 10.1. The molecule has 3 rings (SSSR count). The predicted molar refractivity (Wildman–Crippen MR) is 77.4 cm³/mol. The number of nitrogens with one attached hydrogen (secondary N) is 1. The minimum Gasteiger partial charge on any atom is -0.368 e. The summed E-state index contributed by atoms with van der Waals surface area (Å²) in [6, 6.07) is 1.97. The third-order valence-electron chi connectivity index (χ3n) is 3.30. The highest BCUT2D eigenvalue weighted by Gasteiger charge is 2.27. The fourth-order valence-corrected chi connectivity index (χ4v) is 5.03. The summed E-state index contributed by atoms with van der Waals surface area (Å²) in [7, 11) is -2.81. The number of hydrogen-bond acceptors (Lipinski definition) is 6. The lowest BCUT2D eigenvalue weighted by molar-refractivity contribution is 0.595. The van der Waals surface area contributed by atoms with Gasteiger partial charge in [0, 0.05) is 6.54 Å². The van der Waals surface area contributed by atoms with Crippen molar-refractivity contribution in [1.29, 1.82) is 0 Å². The van der Waals surface area contributed by atoms with Gasteiger partial charge in [-0.2, -0.15) is 0 Å². The third-order valence-corrected chi connectivity index (χ3v) is 6.05. The molecule has 1 fully saturated rings. The Labute approximate surface area is 116 Å². The minimum atomic E-state index is -2.81. The van der Waals surface area contributed by atoms with E-state index in [0.717, 1.165) is 28.3 Å². The van der Waals surface area contributed by atoms with Crippen LogP contribution in [0.5, 0.6) is 0 Å². The number of anilines is 1. The molecule has 1 N–H and O–H groups in total. The van der Waals surface area contributed by atoms with Crippen molar-refractivity contribution in [3.63, 3.8) is 0 Å². The van der Waals surface area contributed by atoms with Crippen molar-refractivity contribution in [3.05, 3.63) is 17.3 Å². The maximum Gasteiger partial charge on any atom is 0.150 e. The van der Waals surface area contributed by atoms with Crippen LogP contribution >= 0.6 is 11.3 Å². The van der Waals surface area contributed by atoms with Crippen LogP contribution in [0.15, 0.2) is 11.4 Å². The number of thiophene rings is 1. The lowest BCUT2D eigenvalue weighted by Gasteiger charge is -2.11. The molecule has 1 aliphatic rings. The molecule has 2 aromatic rings. The fourth-order valence-electron chi connectivity index (χ4n) is 2.37. The van der Waals surface area contributed by atoms with Crippen molar-refractivity contribution in [2.24, 2.45) is 5.92 Å². The first-order chi connectivity index (χ1) is 9.03. The average Bonchev–Trinajstić information content (AvgIpc) is 2.92. The van der Waals surface area contributed by atoms with Gasteiger partial charge >= 0.3 is 0 Å². The molecule has 0 aliphatic carbocycles. The number of aromatic nitrogens is 2. The highest BCUT2D eigenvalue weighted by molar-refractivity contribution is 7.91. The van der Waals surface area contributed by atoms with E-state index in [-0.39, 0.29) is 11.7 Å². The molecular formula is C12H15N3O2S2. The first kappa shape index (κ1) is 12.8. The normalized spacial score (nSPS) is 21.8. The summed E-state index contributed by atoms with van der Waals surface area (Å²) in [5.74, 6) is 2.35. The summed E-state index contributed by atoms with van der Waals surface area (Å²) >= 11 is 1.60. The Bertz CT molecular complexity index is 709. The molecule has 19 heavy (non-hydrogen) atoms. The molecule has 0 radical (unpaired) electrons. The molecule has 0 bridgehead atoms. The molecule has 1 atom stereocenters. The molecular weight excluding hydrogens is 282 g/mol. The quantitative estimate of drug-likeness (QED) is 0.936. The summed E-state index contributed by atoms with van der Waals surface area (Å²) in [5.41, 5.74) is 0.944. The van der Waals surface area contributed by atoms with Gasteiger partial charge in [-0.05, 0) is 30.7 Å². The van der Waals surface area contributed by atoms with Gasteiger partial charge in [0.25, 0.3) is 0 Å². The Morgan fingerprint density at radius 2 is 2.32 bits per heavy atom. The molecule has 7 heteroatoms. The summed E-state index contributed by atoms with van der Waals surface area (Å²) in [5, 5.41) is 5.28. The van der Waals surface area contributed by atoms with E-state index in [9.17, 15) is 8.42 Å². The monoisotopic (exact) mass is 297 g/mol. The van der Waals surface area contributed by atoms with Gasteiger partial charge in [-0.15, -0.1) is 11.3 Å². The maximum absolute atomic E-state index is 11.4. The molecule has 2 aromatic heterocycles. The van der Waals surface area contributed by atoms with Gasteiger partial charge in [-0.3, -0.25) is 0 Å². The first-order valence-electron chi connectivity index (χ1n) is 6.20. The summed E-state index contributed by atoms with van der Waals surface area (Å²) in [6.07, 6.45) is 0.743. The van der Waals surface area contributed by atoms with Crippen molar-refractivity contribution in [2.45, 2.75) is 13.3 Å². The van der Waals surface area contributed by atoms with E-state index < -0.39 is 9.84 Å². The van der Waals surface area contributed by atoms with Gasteiger partial charge < -0.3 is 5.32 Å². The zero-order valence-electron chi connectivity index (χ0n) is 10.6. The van der Waals surface area contributed by atoms with Crippen LogP contribution in [0.25, 0.3) is 10.2 Å². The van der Waals surface area contributed by atoms with Crippen LogP contribution < -0.4 is 5.32 Å². The van der Waals surface area contributed by atoms with Crippen LogP contribution in [0.1, 0.15) is 12.2 Å². The Hall–Kier alpha value is -1.21. The van der Waals surface area contributed by atoms with E-state index in [1.165, 1.54) is 0 Å². The molecule has 102 valence electrons. The van der Waals surface area contributed by atoms with Gasteiger partial charge in [0.15, 0.2) is 9.84 Å². The van der Waals surface area contributed by atoms with Gasteiger partial charge in [0.2, 0.25) is 0 Å². The molecule has 3 heterocycles. The third kappa shape index (κ3) is 2.71. The number of hydrogen-bond donors (Lipinski definition) is 1. The molecule has 1 unspecified atom stereocenters. The van der Waals surface area contributed by atoms with Gasteiger partial charge in [0.1, 0.15) is 11.6 Å². The smallest absolute Gasteiger partial charge is 0.150 e. The number of nitrogens with zero attached hydrogens (tertiary/aromatic N) is 2. The van der Waals surface area contributed by atoms with Gasteiger partial charge in [-0.25, -0.2) is 18.4 Å². The molecule has 0 amide bonds. The van der Waals surface area contributed by atoms with Crippen LogP contribution in [0.4, 0.5) is 5.82 Å². The molecule has 0 spiro atoms. The van der Waals surface area contributed by atoms with E-state index in [0.29, 0.717) is 12.3 Å². The zero-order chi connectivity index (χ0) is 13.5. The molecule has 1 saturated heterocycles. The summed E-state index contributed by atoms with van der Waals surface area (Å²) in [4.78, 5) is 8.77. The summed E-state index contributed by atoms with van der Waals surface area (Å²) in [6.45, 7) is 2.52. The van der Waals surface area contributed by atoms with Crippen LogP contribution in [0.2, 0.25) is 0 Å². The zero-order valence-corrected chi connectivity index (χ0v) is 12.2.